The van der Waals surface area contributed by atoms with Gasteiger partial charge in [0, 0.05) is 9.50 Å². The summed E-state index contributed by atoms with van der Waals surface area (Å²) in [6.07, 6.45) is 0. The number of anilines is 1. The molecule has 2 nitrogen and oxygen atoms in total. The van der Waals surface area contributed by atoms with Gasteiger partial charge in [0.15, 0.2) is 0 Å². The Morgan fingerprint density at radius 2 is 2.21 bits per heavy atom. The summed E-state index contributed by atoms with van der Waals surface area (Å²) in [7, 11) is 0. The Bertz CT molecular complexity index is 355. The van der Waals surface area contributed by atoms with Crippen molar-refractivity contribution in [3.8, 4) is 0 Å². The smallest absolute Gasteiger partial charge is 0.237 e. The molecule has 1 amide bonds. The first-order valence-electron chi connectivity index (χ1n) is 3.90. The molecule has 14 heavy (non-hydrogen) atoms. The lowest BCUT2D eigenvalue weighted by Crippen LogP contribution is -2.20. The average molecular weight is 341 g/mol. The van der Waals surface area contributed by atoms with E-state index in [0.717, 1.165) is 4.47 Å². The fraction of sp³-hybridized carbons (Fsp3) is 0.222. The van der Waals surface area contributed by atoms with E-state index in [2.05, 4.69) is 37.2 Å². The minimum absolute atomic E-state index is 0.104. The number of benzene rings is 1. The molecule has 1 atom stereocenters. The first-order chi connectivity index (χ1) is 6.50. The quantitative estimate of drug-likeness (QED) is 0.814. The van der Waals surface area contributed by atoms with Crippen molar-refractivity contribution in [1.82, 2.24) is 0 Å². The topological polar surface area (TPSA) is 29.1 Å². The monoisotopic (exact) mass is 339 g/mol. The van der Waals surface area contributed by atoms with Gasteiger partial charge in [-0.3, -0.25) is 4.79 Å². The van der Waals surface area contributed by atoms with Crippen molar-refractivity contribution >= 4 is 55.1 Å². The Labute approximate surface area is 104 Å². The first-order valence-corrected chi connectivity index (χ1v) is 5.99. The first kappa shape index (κ1) is 12.0. The molecule has 0 saturated carbocycles. The standard InChI is InChI=1S/C9H8Br2ClNO/c1-5(10)9(14)13-8-4-6(12)2-3-7(8)11/h2-5H,1H3,(H,13,14). The molecule has 0 radical (unpaired) electrons. The van der Waals surface area contributed by atoms with Gasteiger partial charge in [-0.25, -0.2) is 0 Å². The van der Waals surface area contributed by atoms with Gasteiger partial charge in [-0.1, -0.05) is 27.5 Å². The molecule has 1 aromatic rings. The Balaban J connectivity index is 2.86. The maximum Gasteiger partial charge on any atom is 0.237 e. The number of hydrogen-bond donors (Lipinski definition) is 1. The second-order valence-corrected chi connectivity index (χ2v) is 5.39. The highest BCUT2D eigenvalue weighted by Crippen LogP contribution is 2.26. The van der Waals surface area contributed by atoms with E-state index in [-0.39, 0.29) is 10.7 Å². The van der Waals surface area contributed by atoms with Crippen molar-refractivity contribution in [3.05, 3.63) is 27.7 Å². The predicted molar refractivity (Wildman–Crippen MR) is 66.2 cm³/mol. The lowest BCUT2D eigenvalue weighted by atomic mass is 10.3. The number of halogens is 3. The van der Waals surface area contributed by atoms with Crippen LogP contribution in [0.15, 0.2) is 22.7 Å². The molecule has 0 aromatic heterocycles. The Hall–Kier alpha value is -0.0600. The number of carbonyl (C=O) groups excluding carboxylic acids is 1. The summed E-state index contributed by atoms with van der Waals surface area (Å²) in [4.78, 5) is 11.1. The van der Waals surface area contributed by atoms with Crippen LogP contribution >= 0.6 is 43.5 Å². The van der Waals surface area contributed by atoms with E-state index in [9.17, 15) is 4.79 Å². The van der Waals surface area contributed by atoms with Crippen LogP contribution in [0.5, 0.6) is 0 Å². The van der Waals surface area contributed by atoms with Crippen LogP contribution in [0.3, 0.4) is 0 Å². The van der Waals surface area contributed by atoms with Crippen molar-refractivity contribution in [3.63, 3.8) is 0 Å². The molecular weight excluding hydrogens is 333 g/mol. The van der Waals surface area contributed by atoms with E-state index in [1.54, 1.807) is 25.1 Å². The molecule has 1 unspecified atom stereocenters. The molecule has 0 spiro atoms. The highest BCUT2D eigenvalue weighted by atomic mass is 79.9. The molecule has 0 aliphatic rings. The van der Waals surface area contributed by atoms with E-state index in [1.165, 1.54) is 0 Å². The summed E-state index contributed by atoms with van der Waals surface area (Å²) in [6.45, 7) is 1.76. The third-order valence-electron chi connectivity index (χ3n) is 1.55. The lowest BCUT2D eigenvalue weighted by molar-refractivity contribution is -0.115. The number of amides is 1. The van der Waals surface area contributed by atoms with Gasteiger partial charge >= 0.3 is 0 Å². The summed E-state index contributed by atoms with van der Waals surface area (Å²) in [5.74, 6) is -0.104. The maximum absolute atomic E-state index is 11.4. The third-order valence-corrected chi connectivity index (χ3v) is 2.89. The Morgan fingerprint density at radius 3 is 2.79 bits per heavy atom. The summed E-state index contributed by atoms with van der Waals surface area (Å²) < 4.78 is 0.809. The van der Waals surface area contributed by atoms with Gasteiger partial charge < -0.3 is 5.32 Å². The molecule has 0 bridgehead atoms. The zero-order chi connectivity index (χ0) is 10.7. The van der Waals surface area contributed by atoms with Crippen molar-refractivity contribution in [1.29, 1.82) is 0 Å². The molecule has 0 heterocycles. The minimum atomic E-state index is -0.228. The zero-order valence-electron chi connectivity index (χ0n) is 7.35. The fourth-order valence-corrected chi connectivity index (χ4v) is 1.46. The van der Waals surface area contributed by atoms with Crippen LogP contribution < -0.4 is 5.32 Å². The van der Waals surface area contributed by atoms with E-state index >= 15 is 0 Å². The minimum Gasteiger partial charge on any atom is -0.324 e. The average Bonchev–Trinajstić information content (AvgIpc) is 2.11. The van der Waals surface area contributed by atoms with Crippen LogP contribution in [0.2, 0.25) is 5.02 Å². The van der Waals surface area contributed by atoms with Crippen LogP contribution in [0.1, 0.15) is 6.92 Å². The van der Waals surface area contributed by atoms with E-state index in [4.69, 9.17) is 11.6 Å². The van der Waals surface area contributed by atoms with E-state index < -0.39 is 0 Å². The van der Waals surface area contributed by atoms with E-state index in [1.807, 2.05) is 0 Å². The van der Waals surface area contributed by atoms with Crippen molar-refractivity contribution in [2.75, 3.05) is 5.32 Å². The van der Waals surface area contributed by atoms with Crippen molar-refractivity contribution < 1.29 is 4.79 Å². The van der Waals surface area contributed by atoms with Gasteiger partial charge in [0.2, 0.25) is 5.91 Å². The second-order valence-electron chi connectivity index (χ2n) is 2.73. The van der Waals surface area contributed by atoms with Crippen LogP contribution in [-0.2, 0) is 4.79 Å². The molecule has 0 aliphatic heterocycles. The third kappa shape index (κ3) is 3.26. The summed E-state index contributed by atoms with van der Waals surface area (Å²) in [6, 6.07) is 5.23. The summed E-state index contributed by atoms with van der Waals surface area (Å²) in [5.41, 5.74) is 0.675. The van der Waals surface area contributed by atoms with Gasteiger partial charge in [0.05, 0.1) is 10.5 Å². The lowest BCUT2D eigenvalue weighted by Gasteiger charge is -2.08. The zero-order valence-corrected chi connectivity index (χ0v) is 11.3. The van der Waals surface area contributed by atoms with Crippen LogP contribution in [0.4, 0.5) is 5.69 Å². The van der Waals surface area contributed by atoms with Gasteiger partial charge in [-0.05, 0) is 41.1 Å². The number of hydrogen-bond acceptors (Lipinski definition) is 1. The highest BCUT2D eigenvalue weighted by Gasteiger charge is 2.10. The Kier molecular flexibility index (Phi) is 4.41. The number of nitrogens with one attached hydrogen (secondary N) is 1. The van der Waals surface area contributed by atoms with Crippen LogP contribution in [0, 0.1) is 0 Å². The maximum atomic E-state index is 11.4. The number of carbonyl (C=O) groups is 1. The molecule has 1 N–H and O–H groups in total. The van der Waals surface area contributed by atoms with Crippen molar-refractivity contribution in [2.24, 2.45) is 0 Å². The largest absolute Gasteiger partial charge is 0.324 e. The van der Waals surface area contributed by atoms with Crippen molar-refractivity contribution in [2.45, 2.75) is 11.8 Å². The molecule has 1 aromatic carbocycles. The summed E-state index contributed by atoms with van der Waals surface area (Å²) in [5, 5.41) is 3.32. The molecule has 5 heteroatoms. The number of rotatable bonds is 2. The molecule has 0 fully saturated rings. The molecule has 1 rings (SSSR count). The molecule has 76 valence electrons. The predicted octanol–water partition coefficient (Wildman–Crippen LogP) is 3.82. The number of alkyl halides is 1. The van der Waals surface area contributed by atoms with Gasteiger partial charge in [-0.15, -0.1) is 0 Å². The van der Waals surface area contributed by atoms with Gasteiger partial charge in [-0.2, -0.15) is 0 Å². The van der Waals surface area contributed by atoms with Gasteiger partial charge in [0.25, 0.3) is 0 Å². The normalized spacial score (nSPS) is 12.3. The fourth-order valence-electron chi connectivity index (χ4n) is 0.825. The molecular formula is C9H8Br2ClNO. The molecule has 0 aliphatic carbocycles. The highest BCUT2D eigenvalue weighted by molar-refractivity contribution is 9.10. The Morgan fingerprint density at radius 1 is 1.57 bits per heavy atom. The van der Waals surface area contributed by atoms with Crippen LogP contribution in [0.25, 0.3) is 0 Å². The molecule has 0 saturated heterocycles. The summed E-state index contributed by atoms with van der Waals surface area (Å²) >= 11 is 12.3. The van der Waals surface area contributed by atoms with Gasteiger partial charge in [0.1, 0.15) is 0 Å². The van der Waals surface area contributed by atoms with E-state index in [0.29, 0.717) is 10.7 Å². The SMILES string of the molecule is CC(Br)C(=O)Nc1cc(Cl)ccc1Br. The second kappa shape index (κ2) is 5.14. The van der Waals surface area contributed by atoms with Crippen LogP contribution in [-0.4, -0.2) is 10.7 Å².